The van der Waals surface area contributed by atoms with Crippen LogP contribution in [0.3, 0.4) is 0 Å². The maximum Gasteiger partial charge on any atom is 0.244 e. The second-order valence-corrected chi connectivity index (χ2v) is 3.44. The van der Waals surface area contributed by atoms with Crippen molar-refractivity contribution in [2.45, 2.75) is 5.38 Å². The maximum absolute atomic E-state index is 11.4. The molecule has 0 saturated heterocycles. The SMILES string of the molecule is CN(C)C(=O)[C@@H](Cl)c1ccccc1. The number of hydrogen-bond donors (Lipinski definition) is 0. The molecule has 0 fully saturated rings. The Labute approximate surface area is 83.1 Å². The van der Waals surface area contributed by atoms with Gasteiger partial charge in [-0.2, -0.15) is 0 Å². The van der Waals surface area contributed by atoms with Gasteiger partial charge in [-0.1, -0.05) is 30.3 Å². The summed E-state index contributed by atoms with van der Waals surface area (Å²) in [5.41, 5.74) is 0.836. The minimum Gasteiger partial charge on any atom is -0.347 e. The van der Waals surface area contributed by atoms with Gasteiger partial charge in [-0.15, -0.1) is 11.6 Å². The quantitative estimate of drug-likeness (QED) is 0.665. The van der Waals surface area contributed by atoms with Crippen LogP contribution in [-0.4, -0.2) is 24.9 Å². The van der Waals surface area contributed by atoms with E-state index in [2.05, 4.69) is 0 Å². The number of amides is 1. The van der Waals surface area contributed by atoms with E-state index in [0.29, 0.717) is 0 Å². The molecule has 1 atom stereocenters. The van der Waals surface area contributed by atoms with E-state index >= 15 is 0 Å². The summed E-state index contributed by atoms with van der Waals surface area (Å²) >= 11 is 5.96. The van der Waals surface area contributed by atoms with E-state index in [1.54, 1.807) is 14.1 Å². The third kappa shape index (κ3) is 2.46. The molecule has 3 heteroatoms. The Kier molecular flexibility index (Phi) is 3.32. The zero-order chi connectivity index (χ0) is 9.84. The predicted molar refractivity (Wildman–Crippen MR) is 53.7 cm³/mol. The summed E-state index contributed by atoms with van der Waals surface area (Å²) in [5.74, 6) is -0.0899. The first-order valence-corrected chi connectivity index (χ1v) is 4.46. The van der Waals surface area contributed by atoms with Gasteiger partial charge >= 0.3 is 0 Å². The first-order chi connectivity index (χ1) is 6.13. The lowest BCUT2D eigenvalue weighted by molar-refractivity contribution is -0.128. The molecule has 1 amide bonds. The molecular weight excluding hydrogens is 186 g/mol. The summed E-state index contributed by atoms with van der Waals surface area (Å²) in [6.07, 6.45) is 0. The lowest BCUT2D eigenvalue weighted by Crippen LogP contribution is -2.25. The standard InChI is InChI=1S/C10H12ClNO/c1-12(2)10(13)9(11)8-6-4-3-5-7-8/h3-7,9H,1-2H3/t9-/m0/s1. The number of carbonyl (C=O) groups is 1. The van der Waals surface area contributed by atoms with E-state index in [-0.39, 0.29) is 5.91 Å². The van der Waals surface area contributed by atoms with Crippen LogP contribution in [0.1, 0.15) is 10.9 Å². The van der Waals surface area contributed by atoms with Gasteiger partial charge in [0, 0.05) is 14.1 Å². The van der Waals surface area contributed by atoms with Gasteiger partial charge in [0.1, 0.15) is 5.38 Å². The second kappa shape index (κ2) is 4.28. The van der Waals surface area contributed by atoms with Crippen LogP contribution in [0.4, 0.5) is 0 Å². The molecule has 70 valence electrons. The van der Waals surface area contributed by atoms with E-state index in [1.165, 1.54) is 4.90 Å². The van der Waals surface area contributed by atoms with Crippen molar-refractivity contribution in [1.29, 1.82) is 0 Å². The van der Waals surface area contributed by atoms with Crippen LogP contribution in [-0.2, 0) is 4.79 Å². The van der Waals surface area contributed by atoms with Crippen molar-refractivity contribution in [2.24, 2.45) is 0 Å². The number of alkyl halides is 1. The Morgan fingerprint density at radius 1 is 1.31 bits per heavy atom. The average Bonchev–Trinajstić information content (AvgIpc) is 2.17. The van der Waals surface area contributed by atoms with Crippen molar-refractivity contribution in [2.75, 3.05) is 14.1 Å². The topological polar surface area (TPSA) is 20.3 Å². The average molecular weight is 198 g/mol. The Morgan fingerprint density at radius 2 is 1.85 bits per heavy atom. The van der Waals surface area contributed by atoms with E-state index < -0.39 is 5.38 Å². The maximum atomic E-state index is 11.4. The van der Waals surface area contributed by atoms with Gasteiger partial charge in [-0.3, -0.25) is 4.79 Å². The van der Waals surface area contributed by atoms with Crippen LogP contribution in [0, 0.1) is 0 Å². The smallest absolute Gasteiger partial charge is 0.244 e. The highest BCUT2D eigenvalue weighted by Crippen LogP contribution is 2.21. The fourth-order valence-corrected chi connectivity index (χ4v) is 1.33. The molecule has 0 saturated carbocycles. The predicted octanol–water partition coefficient (Wildman–Crippen LogP) is 2.05. The molecule has 13 heavy (non-hydrogen) atoms. The summed E-state index contributed by atoms with van der Waals surface area (Å²) in [4.78, 5) is 12.9. The fraction of sp³-hybridized carbons (Fsp3) is 0.300. The van der Waals surface area contributed by atoms with Gasteiger partial charge in [0.25, 0.3) is 0 Å². The van der Waals surface area contributed by atoms with Crippen LogP contribution < -0.4 is 0 Å². The molecule has 0 radical (unpaired) electrons. The molecule has 0 bridgehead atoms. The highest BCUT2D eigenvalue weighted by Gasteiger charge is 2.18. The number of halogens is 1. The van der Waals surface area contributed by atoms with Crippen LogP contribution in [0.15, 0.2) is 30.3 Å². The molecule has 0 aromatic heterocycles. The summed E-state index contributed by atoms with van der Waals surface area (Å²) in [6.45, 7) is 0. The van der Waals surface area contributed by atoms with E-state index in [1.807, 2.05) is 30.3 Å². The molecule has 0 heterocycles. The molecule has 0 spiro atoms. The summed E-state index contributed by atoms with van der Waals surface area (Å²) < 4.78 is 0. The Bertz CT molecular complexity index is 284. The Morgan fingerprint density at radius 3 is 2.31 bits per heavy atom. The van der Waals surface area contributed by atoms with Gasteiger partial charge in [-0.05, 0) is 5.56 Å². The highest BCUT2D eigenvalue weighted by atomic mass is 35.5. The van der Waals surface area contributed by atoms with Crippen LogP contribution >= 0.6 is 11.6 Å². The van der Waals surface area contributed by atoms with E-state index in [9.17, 15) is 4.79 Å². The largest absolute Gasteiger partial charge is 0.347 e. The van der Waals surface area contributed by atoms with Crippen molar-refractivity contribution in [3.8, 4) is 0 Å². The molecule has 0 N–H and O–H groups in total. The van der Waals surface area contributed by atoms with Gasteiger partial charge in [0.05, 0.1) is 0 Å². The molecule has 1 rings (SSSR count). The van der Waals surface area contributed by atoms with Crippen molar-refractivity contribution in [3.05, 3.63) is 35.9 Å². The van der Waals surface area contributed by atoms with Gasteiger partial charge in [0.15, 0.2) is 0 Å². The van der Waals surface area contributed by atoms with Crippen molar-refractivity contribution in [3.63, 3.8) is 0 Å². The summed E-state index contributed by atoms with van der Waals surface area (Å²) in [5, 5.41) is -0.573. The Balaban J connectivity index is 2.80. The lowest BCUT2D eigenvalue weighted by Gasteiger charge is -2.14. The molecule has 0 aliphatic rings. The number of carbonyl (C=O) groups excluding carboxylic acids is 1. The molecule has 0 unspecified atom stereocenters. The summed E-state index contributed by atoms with van der Waals surface area (Å²) in [7, 11) is 3.39. The van der Waals surface area contributed by atoms with Crippen molar-refractivity contribution < 1.29 is 4.79 Å². The highest BCUT2D eigenvalue weighted by molar-refractivity contribution is 6.30. The van der Waals surface area contributed by atoms with Crippen LogP contribution in [0.5, 0.6) is 0 Å². The molecule has 0 aliphatic heterocycles. The number of rotatable bonds is 2. The summed E-state index contributed by atoms with van der Waals surface area (Å²) in [6, 6.07) is 9.33. The number of benzene rings is 1. The second-order valence-electron chi connectivity index (χ2n) is 3.01. The molecule has 2 nitrogen and oxygen atoms in total. The third-order valence-electron chi connectivity index (χ3n) is 1.75. The minimum atomic E-state index is -0.573. The number of likely N-dealkylation sites (N-methyl/N-ethyl adjacent to an activating group) is 1. The van der Waals surface area contributed by atoms with E-state index in [4.69, 9.17) is 11.6 Å². The number of nitrogens with zero attached hydrogens (tertiary/aromatic N) is 1. The fourth-order valence-electron chi connectivity index (χ4n) is 0.991. The lowest BCUT2D eigenvalue weighted by atomic mass is 10.1. The minimum absolute atomic E-state index is 0.0899. The van der Waals surface area contributed by atoms with E-state index in [0.717, 1.165) is 5.56 Å². The zero-order valence-electron chi connectivity index (χ0n) is 7.70. The van der Waals surface area contributed by atoms with Gasteiger partial charge < -0.3 is 4.90 Å². The first-order valence-electron chi connectivity index (χ1n) is 4.03. The van der Waals surface area contributed by atoms with Crippen LogP contribution in [0.2, 0.25) is 0 Å². The third-order valence-corrected chi connectivity index (χ3v) is 2.19. The molecular formula is C10H12ClNO. The monoisotopic (exact) mass is 197 g/mol. The number of hydrogen-bond acceptors (Lipinski definition) is 1. The molecule has 1 aromatic carbocycles. The first kappa shape index (κ1) is 10.1. The Hall–Kier alpha value is -1.02. The molecule has 0 aliphatic carbocycles. The van der Waals surface area contributed by atoms with Gasteiger partial charge in [0.2, 0.25) is 5.91 Å². The van der Waals surface area contributed by atoms with Crippen molar-refractivity contribution >= 4 is 17.5 Å². The van der Waals surface area contributed by atoms with Gasteiger partial charge in [-0.25, -0.2) is 0 Å². The normalized spacial score (nSPS) is 12.2. The van der Waals surface area contributed by atoms with Crippen LogP contribution in [0.25, 0.3) is 0 Å². The molecule has 1 aromatic rings. The zero-order valence-corrected chi connectivity index (χ0v) is 8.45. The van der Waals surface area contributed by atoms with Crippen molar-refractivity contribution in [1.82, 2.24) is 4.90 Å².